The summed E-state index contributed by atoms with van der Waals surface area (Å²) in [6, 6.07) is 0. The van der Waals surface area contributed by atoms with Gasteiger partial charge in [-0.2, -0.15) is 0 Å². The molecule has 1 fully saturated rings. The Hall–Kier alpha value is -0.160. The monoisotopic (exact) mass is 301 g/mol. The van der Waals surface area contributed by atoms with E-state index < -0.39 is 6.10 Å². The van der Waals surface area contributed by atoms with Gasteiger partial charge in [0.1, 0.15) is 0 Å². The number of β-amino-alcohol motifs (C(OH)–C–C–N with tert-alkyl or cyclic N) is 1. The van der Waals surface area contributed by atoms with Crippen molar-refractivity contribution in [3.05, 3.63) is 0 Å². The number of aliphatic hydroxyl groups excluding tert-OH is 2. The fourth-order valence-corrected chi connectivity index (χ4v) is 3.45. The lowest BCUT2D eigenvalue weighted by Crippen LogP contribution is -2.63. The van der Waals surface area contributed by atoms with Crippen LogP contribution in [-0.2, 0) is 4.74 Å². The van der Waals surface area contributed by atoms with Crippen molar-refractivity contribution in [2.24, 2.45) is 0 Å². The molecule has 2 N–H and O–H groups in total. The van der Waals surface area contributed by atoms with Gasteiger partial charge in [0.2, 0.25) is 0 Å². The molecule has 21 heavy (non-hydrogen) atoms. The maximum atomic E-state index is 10.4. The fourth-order valence-electron chi connectivity index (χ4n) is 3.45. The van der Waals surface area contributed by atoms with Crippen molar-refractivity contribution in [1.29, 1.82) is 0 Å². The number of piperidine rings is 1. The summed E-state index contributed by atoms with van der Waals surface area (Å²) in [4.78, 5) is 2.32. The molecule has 1 rings (SSSR count). The van der Waals surface area contributed by atoms with Crippen LogP contribution in [0, 0.1) is 0 Å². The zero-order valence-corrected chi connectivity index (χ0v) is 14.9. The summed E-state index contributed by atoms with van der Waals surface area (Å²) >= 11 is 0. The summed E-state index contributed by atoms with van der Waals surface area (Å²) in [6.45, 7) is 15.7. The van der Waals surface area contributed by atoms with Crippen LogP contribution in [0.25, 0.3) is 0 Å². The van der Waals surface area contributed by atoms with Crippen LogP contribution in [0.4, 0.5) is 0 Å². The lowest BCUT2D eigenvalue weighted by Gasteiger charge is -2.55. The molecular formula is C17H35NO3. The predicted molar refractivity (Wildman–Crippen MR) is 86.4 cm³/mol. The van der Waals surface area contributed by atoms with E-state index >= 15 is 0 Å². The van der Waals surface area contributed by atoms with Crippen molar-refractivity contribution < 1.29 is 14.9 Å². The minimum atomic E-state index is -0.510. The molecule has 1 saturated heterocycles. The number of rotatable bonds is 6. The predicted octanol–water partition coefficient (Wildman–Crippen LogP) is 2.57. The average molecular weight is 301 g/mol. The lowest BCUT2D eigenvalue weighted by atomic mass is 9.78. The smallest absolute Gasteiger partial charge is 0.0900 e. The molecule has 0 aliphatic carbocycles. The molecule has 1 atom stereocenters. The zero-order valence-electron chi connectivity index (χ0n) is 14.9. The second-order valence-electron chi connectivity index (χ2n) is 8.38. The summed E-state index contributed by atoms with van der Waals surface area (Å²) in [5, 5.41) is 20.4. The van der Waals surface area contributed by atoms with Crippen molar-refractivity contribution in [1.82, 2.24) is 4.90 Å². The standard InChI is InChI=1S/C17H35NO3/c1-8-17(6,7)21-12-14(20)11-18-15(2,3)9-13(19)10-16(18,4)5/h13-14,19-20H,8-12H2,1-7H3/t14-/m1/s1. The molecular weight excluding hydrogens is 266 g/mol. The Balaban J connectivity index is 2.66. The summed E-state index contributed by atoms with van der Waals surface area (Å²) in [6.07, 6.45) is 1.63. The second-order valence-corrected chi connectivity index (χ2v) is 8.38. The molecule has 1 aliphatic rings. The summed E-state index contributed by atoms with van der Waals surface area (Å²) in [5.41, 5.74) is -0.436. The van der Waals surface area contributed by atoms with Crippen molar-refractivity contribution in [2.75, 3.05) is 13.2 Å². The minimum absolute atomic E-state index is 0.123. The highest BCUT2D eigenvalue weighted by Crippen LogP contribution is 2.38. The summed E-state index contributed by atoms with van der Waals surface area (Å²) in [7, 11) is 0. The summed E-state index contributed by atoms with van der Waals surface area (Å²) < 4.78 is 5.81. The Morgan fingerprint density at radius 3 is 2.10 bits per heavy atom. The molecule has 0 bridgehead atoms. The van der Waals surface area contributed by atoms with Crippen molar-refractivity contribution >= 4 is 0 Å². The normalized spacial score (nSPS) is 25.0. The highest BCUT2D eigenvalue weighted by molar-refractivity contribution is 5.00. The van der Waals surface area contributed by atoms with Crippen molar-refractivity contribution in [3.8, 4) is 0 Å². The molecule has 0 spiro atoms. The van der Waals surface area contributed by atoms with E-state index in [2.05, 4.69) is 39.5 Å². The molecule has 0 unspecified atom stereocenters. The first kappa shape index (κ1) is 18.9. The third kappa shape index (κ3) is 5.20. The van der Waals surface area contributed by atoms with Gasteiger partial charge in [-0.15, -0.1) is 0 Å². The molecule has 0 saturated carbocycles. The molecule has 4 nitrogen and oxygen atoms in total. The van der Waals surface area contributed by atoms with Gasteiger partial charge < -0.3 is 14.9 Å². The van der Waals surface area contributed by atoms with E-state index in [0.717, 1.165) is 19.3 Å². The first-order valence-electron chi connectivity index (χ1n) is 8.17. The third-order valence-corrected chi connectivity index (χ3v) is 4.84. The van der Waals surface area contributed by atoms with Crippen LogP contribution in [0.15, 0.2) is 0 Å². The number of aliphatic hydroxyl groups is 2. The van der Waals surface area contributed by atoms with Gasteiger partial charge in [-0.1, -0.05) is 6.92 Å². The highest BCUT2D eigenvalue weighted by atomic mass is 16.5. The van der Waals surface area contributed by atoms with Crippen LogP contribution in [0.3, 0.4) is 0 Å². The van der Waals surface area contributed by atoms with Crippen LogP contribution in [-0.4, -0.2) is 57.2 Å². The van der Waals surface area contributed by atoms with E-state index in [9.17, 15) is 10.2 Å². The maximum Gasteiger partial charge on any atom is 0.0900 e. The third-order valence-electron chi connectivity index (χ3n) is 4.84. The SMILES string of the molecule is CCC(C)(C)OC[C@H](O)CN1C(C)(C)CC(O)CC1(C)C. The van der Waals surface area contributed by atoms with E-state index in [0.29, 0.717) is 13.2 Å². The van der Waals surface area contributed by atoms with E-state index in [1.165, 1.54) is 0 Å². The molecule has 126 valence electrons. The maximum absolute atomic E-state index is 10.4. The molecule has 0 aromatic rings. The Morgan fingerprint density at radius 2 is 1.67 bits per heavy atom. The highest BCUT2D eigenvalue weighted by Gasteiger charge is 2.45. The first-order chi connectivity index (χ1) is 9.39. The Bertz CT molecular complexity index is 321. The number of hydrogen-bond donors (Lipinski definition) is 2. The molecule has 0 amide bonds. The van der Waals surface area contributed by atoms with Gasteiger partial charge in [-0.3, -0.25) is 4.90 Å². The second kappa shape index (κ2) is 6.53. The largest absolute Gasteiger partial charge is 0.393 e. The van der Waals surface area contributed by atoms with Crippen LogP contribution >= 0.6 is 0 Å². The van der Waals surface area contributed by atoms with Gasteiger partial charge in [0.15, 0.2) is 0 Å². The van der Waals surface area contributed by atoms with Crippen molar-refractivity contribution in [3.63, 3.8) is 0 Å². The summed E-state index contributed by atoms with van der Waals surface area (Å²) in [5.74, 6) is 0. The van der Waals surface area contributed by atoms with Crippen molar-refractivity contribution in [2.45, 2.75) is 96.6 Å². The number of nitrogens with zero attached hydrogens (tertiary/aromatic N) is 1. The number of likely N-dealkylation sites (tertiary alicyclic amines) is 1. The number of hydrogen-bond acceptors (Lipinski definition) is 4. The Kier molecular flexibility index (Phi) is 5.87. The average Bonchev–Trinajstić information content (AvgIpc) is 2.30. The van der Waals surface area contributed by atoms with Gasteiger partial charge >= 0.3 is 0 Å². The van der Waals surface area contributed by atoms with Crippen LogP contribution in [0.5, 0.6) is 0 Å². The Morgan fingerprint density at radius 1 is 1.19 bits per heavy atom. The number of ether oxygens (including phenoxy) is 1. The van der Waals surface area contributed by atoms with Crippen LogP contribution < -0.4 is 0 Å². The van der Waals surface area contributed by atoms with Gasteiger partial charge in [0, 0.05) is 17.6 Å². The molecule has 0 radical (unpaired) electrons. The minimum Gasteiger partial charge on any atom is -0.393 e. The van der Waals surface area contributed by atoms with E-state index in [1.807, 2.05) is 13.8 Å². The van der Waals surface area contributed by atoms with E-state index in [-0.39, 0.29) is 22.8 Å². The molecule has 1 heterocycles. The molecule has 4 heteroatoms. The molecule has 0 aromatic heterocycles. The van der Waals surface area contributed by atoms with Gasteiger partial charge in [-0.25, -0.2) is 0 Å². The molecule has 0 aromatic carbocycles. The first-order valence-corrected chi connectivity index (χ1v) is 8.17. The van der Waals surface area contributed by atoms with Crippen LogP contribution in [0.1, 0.15) is 67.7 Å². The quantitative estimate of drug-likeness (QED) is 0.792. The van der Waals surface area contributed by atoms with Crippen LogP contribution in [0.2, 0.25) is 0 Å². The van der Waals surface area contributed by atoms with Gasteiger partial charge in [0.05, 0.1) is 24.4 Å². The molecule has 1 aliphatic heterocycles. The van der Waals surface area contributed by atoms with E-state index in [4.69, 9.17) is 4.74 Å². The fraction of sp³-hybridized carbons (Fsp3) is 1.00. The topological polar surface area (TPSA) is 52.9 Å². The zero-order chi connectivity index (χ0) is 16.5. The van der Waals surface area contributed by atoms with Gasteiger partial charge in [0.25, 0.3) is 0 Å². The lowest BCUT2D eigenvalue weighted by molar-refractivity contribution is -0.117. The Labute approximate surface area is 130 Å². The van der Waals surface area contributed by atoms with Gasteiger partial charge in [-0.05, 0) is 60.8 Å². The van der Waals surface area contributed by atoms with E-state index in [1.54, 1.807) is 0 Å².